The summed E-state index contributed by atoms with van der Waals surface area (Å²) in [6.45, 7) is 3.48. The lowest BCUT2D eigenvalue weighted by molar-refractivity contribution is -0.221. The molecule has 4 rings (SSSR count). The van der Waals surface area contributed by atoms with Gasteiger partial charge in [0.25, 0.3) is 5.91 Å². The predicted molar refractivity (Wildman–Crippen MR) is 98.4 cm³/mol. The predicted octanol–water partition coefficient (Wildman–Crippen LogP) is 3.00. The smallest absolute Gasteiger partial charge is 0.254 e. The van der Waals surface area contributed by atoms with Gasteiger partial charge in [0.1, 0.15) is 11.4 Å². The lowest BCUT2D eigenvalue weighted by atomic mass is 9.85. The van der Waals surface area contributed by atoms with E-state index in [-0.39, 0.29) is 17.3 Å². The number of ether oxygens (including phenoxy) is 1. The van der Waals surface area contributed by atoms with Crippen LogP contribution in [0, 0.1) is 5.82 Å². The van der Waals surface area contributed by atoms with Crippen LogP contribution in [0.1, 0.15) is 44.1 Å². The summed E-state index contributed by atoms with van der Waals surface area (Å²) < 4.78 is 20.4. The second-order valence-corrected chi connectivity index (χ2v) is 8.33. The number of amides is 1. The third-order valence-corrected chi connectivity index (χ3v) is 6.51. The SMILES string of the molecule is CN1CC2(CCN(CCc3ccccc3F)CC2)OC2(CCCC2)C1=O. The van der Waals surface area contributed by atoms with Crippen LogP contribution in [0.15, 0.2) is 24.3 Å². The largest absolute Gasteiger partial charge is 0.357 e. The summed E-state index contributed by atoms with van der Waals surface area (Å²) in [5.74, 6) is 0.0718. The van der Waals surface area contributed by atoms with Crippen molar-refractivity contribution in [2.24, 2.45) is 0 Å². The molecule has 1 amide bonds. The minimum absolute atomic E-state index is 0.111. The molecule has 0 N–H and O–H groups in total. The highest BCUT2D eigenvalue weighted by Crippen LogP contribution is 2.44. The second kappa shape index (κ2) is 6.93. The summed E-state index contributed by atoms with van der Waals surface area (Å²) in [7, 11) is 1.93. The normalized spacial score (nSPS) is 25.3. The summed E-state index contributed by atoms with van der Waals surface area (Å²) in [4.78, 5) is 17.0. The summed E-state index contributed by atoms with van der Waals surface area (Å²) in [6, 6.07) is 7.04. The zero-order valence-corrected chi connectivity index (χ0v) is 15.7. The van der Waals surface area contributed by atoms with E-state index in [0.717, 1.165) is 70.1 Å². The molecule has 2 saturated heterocycles. The average Bonchev–Trinajstić information content (AvgIpc) is 3.10. The number of carbonyl (C=O) groups excluding carboxylic acids is 1. The highest BCUT2D eigenvalue weighted by atomic mass is 19.1. The molecule has 3 aliphatic rings. The molecular formula is C21H29FN2O2. The van der Waals surface area contributed by atoms with Crippen LogP contribution in [-0.2, 0) is 16.0 Å². The van der Waals surface area contributed by atoms with Gasteiger partial charge in [-0.05, 0) is 56.6 Å². The number of nitrogens with zero attached hydrogens (tertiary/aromatic N) is 2. The molecule has 2 spiro atoms. The maximum atomic E-state index is 13.8. The quantitative estimate of drug-likeness (QED) is 0.831. The number of likely N-dealkylation sites (N-methyl/N-ethyl adjacent to an activating group) is 1. The van der Waals surface area contributed by atoms with E-state index >= 15 is 0 Å². The molecule has 26 heavy (non-hydrogen) atoms. The van der Waals surface area contributed by atoms with Crippen LogP contribution in [0.25, 0.3) is 0 Å². The first-order valence-corrected chi connectivity index (χ1v) is 9.94. The molecule has 0 aromatic heterocycles. The van der Waals surface area contributed by atoms with Gasteiger partial charge in [0.15, 0.2) is 0 Å². The van der Waals surface area contributed by atoms with Crippen molar-refractivity contribution in [3.8, 4) is 0 Å². The van der Waals surface area contributed by atoms with Gasteiger partial charge in [0.2, 0.25) is 0 Å². The molecular weight excluding hydrogens is 331 g/mol. The van der Waals surface area contributed by atoms with E-state index in [9.17, 15) is 9.18 Å². The molecule has 142 valence electrons. The molecule has 5 heteroatoms. The Morgan fingerprint density at radius 3 is 2.50 bits per heavy atom. The summed E-state index contributed by atoms with van der Waals surface area (Å²) >= 11 is 0. The van der Waals surface area contributed by atoms with Gasteiger partial charge in [0.05, 0.1) is 5.60 Å². The molecule has 0 unspecified atom stereocenters. The highest BCUT2D eigenvalue weighted by molar-refractivity contribution is 5.86. The van der Waals surface area contributed by atoms with E-state index in [1.54, 1.807) is 6.07 Å². The summed E-state index contributed by atoms with van der Waals surface area (Å²) in [6.07, 6.45) is 6.55. The number of carbonyl (C=O) groups is 1. The van der Waals surface area contributed by atoms with Gasteiger partial charge in [-0.15, -0.1) is 0 Å². The molecule has 0 atom stereocenters. The fourth-order valence-corrected chi connectivity index (χ4v) is 5.03. The number of likely N-dealkylation sites (tertiary alicyclic amines) is 1. The Morgan fingerprint density at radius 2 is 1.81 bits per heavy atom. The van der Waals surface area contributed by atoms with Crippen LogP contribution in [0.4, 0.5) is 4.39 Å². The van der Waals surface area contributed by atoms with E-state index < -0.39 is 5.60 Å². The van der Waals surface area contributed by atoms with Crippen LogP contribution >= 0.6 is 0 Å². The Kier molecular flexibility index (Phi) is 4.78. The third kappa shape index (κ3) is 3.27. The number of halogens is 1. The van der Waals surface area contributed by atoms with Gasteiger partial charge in [-0.2, -0.15) is 0 Å². The maximum Gasteiger partial charge on any atom is 0.254 e. The molecule has 2 heterocycles. The van der Waals surface area contributed by atoms with Crippen molar-refractivity contribution >= 4 is 5.91 Å². The van der Waals surface area contributed by atoms with Crippen molar-refractivity contribution in [2.75, 3.05) is 33.2 Å². The van der Waals surface area contributed by atoms with Gasteiger partial charge in [-0.25, -0.2) is 4.39 Å². The Morgan fingerprint density at radius 1 is 1.12 bits per heavy atom. The first-order valence-electron chi connectivity index (χ1n) is 9.94. The van der Waals surface area contributed by atoms with Gasteiger partial charge < -0.3 is 14.5 Å². The Labute approximate surface area is 155 Å². The lowest BCUT2D eigenvalue weighted by Gasteiger charge is -2.52. The van der Waals surface area contributed by atoms with Crippen LogP contribution < -0.4 is 0 Å². The second-order valence-electron chi connectivity index (χ2n) is 8.33. The Bertz CT molecular complexity index is 664. The van der Waals surface area contributed by atoms with Crippen molar-refractivity contribution < 1.29 is 13.9 Å². The molecule has 0 bridgehead atoms. The van der Waals surface area contributed by atoms with E-state index in [4.69, 9.17) is 4.74 Å². The number of benzene rings is 1. The number of hydrogen-bond acceptors (Lipinski definition) is 3. The van der Waals surface area contributed by atoms with Gasteiger partial charge in [-0.3, -0.25) is 4.79 Å². The van der Waals surface area contributed by atoms with Crippen LogP contribution in [-0.4, -0.2) is 60.1 Å². The number of hydrogen-bond donors (Lipinski definition) is 0. The minimum atomic E-state index is -0.553. The number of rotatable bonds is 3. The highest BCUT2D eigenvalue weighted by Gasteiger charge is 2.55. The van der Waals surface area contributed by atoms with Crippen molar-refractivity contribution in [2.45, 2.75) is 56.1 Å². The van der Waals surface area contributed by atoms with Gasteiger partial charge in [-0.1, -0.05) is 18.2 Å². The molecule has 1 aromatic rings. The summed E-state index contributed by atoms with van der Waals surface area (Å²) in [5.41, 5.74) is 0.0426. The maximum absolute atomic E-state index is 13.8. The number of piperidine rings is 1. The van der Waals surface area contributed by atoms with E-state index in [2.05, 4.69) is 4.90 Å². The molecule has 2 aliphatic heterocycles. The van der Waals surface area contributed by atoms with Gasteiger partial charge >= 0.3 is 0 Å². The Hall–Kier alpha value is -1.46. The van der Waals surface area contributed by atoms with Crippen molar-refractivity contribution in [1.29, 1.82) is 0 Å². The molecule has 4 nitrogen and oxygen atoms in total. The molecule has 1 aromatic carbocycles. The fraction of sp³-hybridized carbons (Fsp3) is 0.667. The molecule has 0 radical (unpaired) electrons. The van der Waals surface area contributed by atoms with E-state index in [1.165, 1.54) is 6.07 Å². The monoisotopic (exact) mass is 360 g/mol. The Balaban J connectivity index is 1.37. The summed E-state index contributed by atoms with van der Waals surface area (Å²) in [5, 5.41) is 0. The topological polar surface area (TPSA) is 32.8 Å². The fourth-order valence-electron chi connectivity index (χ4n) is 5.03. The van der Waals surface area contributed by atoms with Gasteiger partial charge in [0, 0.05) is 33.2 Å². The van der Waals surface area contributed by atoms with Crippen molar-refractivity contribution in [3.63, 3.8) is 0 Å². The number of morpholine rings is 1. The van der Waals surface area contributed by atoms with Crippen LogP contribution in [0.3, 0.4) is 0 Å². The first-order chi connectivity index (χ1) is 12.5. The first kappa shape index (κ1) is 17.9. The average molecular weight is 360 g/mol. The van der Waals surface area contributed by atoms with Crippen LogP contribution in [0.5, 0.6) is 0 Å². The molecule has 1 saturated carbocycles. The van der Waals surface area contributed by atoms with E-state index in [1.807, 2.05) is 24.1 Å². The zero-order valence-electron chi connectivity index (χ0n) is 15.7. The molecule has 1 aliphatic carbocycles. The van der Waals surface area contributed by atoms with E-state index in [0.29, 0.717) is 6.54 Å². The van der Waals surface area contributed by atoms with Crippen molar-refractivity contribution in [1.82, 2.24) is 9.80 Å². The minimum Gasteiger partial charge on any atom is -0.357 e. The third-order valence-electron chi connectivity index (χ3n) is 6.51. The molecule has 3 fully saturated rings. The van der Waals surface area contributed by atoms with Crippen molar-refractivity contribution in [3.05, 3.63) is 35.6 Å². The zero-order chi connectivity index (χ0) is 18.2. The lowest BCUT2D eigenvalue weighted by Crippen LogP contribution is -2.65. The standard InChI is InChI=1S/C21H29FN2O2/c1-23-16-20(26-21(19(23)25)9-4-5-10-21)11-14-24(15-12-20)13-8-17-6-2-3-7-18(17)22/h2-3,6-7H,4-5,8-16H2,1H3. The van der Waals surface area contributed by atoms with Crippen LogP contribution in [0.2, 0.25) is 0 Å².